The number of rotatable bonds is 10. The molecule has 9 nitrogen and oxygen atoms in total. The maximum Gasteiger partial charge on any atom is 0.343 e. The summed E-state index contributed by atoms with van der Waals surface area (Å²) in [7, 11) is 2.70. The number of ether oxygens (including phenoxy) is 3. The van der Waals surface area contributed by atoms with E-state index in [1.165, 1.54) is 44.7 Å². The maximum absolute atomic E-state index is 13.1. The molecule has 0 saturated heterocycles. The van der Waals surface area contributed by atoms with Crippen LogP contribution in [0.1, 0.15) is 29.8 Å². The molecule has 10 heteroatoms. The Balaban J connectivity index is 2.01. The Kier molecular flexibility index (Phi) is 9.34. The van der Waals surface area contributed by atoms with E-state index in [1.54, 1.807) is 32.0 Å². The van der Waals surface area contributed by atoms with Gasteiger partial charge in [-0.15, -0.1) is 0 Å². The van der Waals surface area contributed by atoms with Gasteiger partial charge in [-0.1, -0.05) is 13.8 Å². The quantitative estimate of drug-likeness (QED) is 0.320. The third-order valence-corrected chi connectivity index (χ3v) is 4.49. The van der Waals surface area contributed by atoms with E-state index >= 15 is 0 Å². The lowest BCUT2D eigenvalue weighted by atomic mass is 10.0. The van der Waals surface area contributed by atoms with Crippen molar-refractivity contribution in [1.29, 1.82) is 0 Å². The average molecular weight is 459 g/mol. The zero-order valence-corrected chi connectivity index (χ0v) is 18.8. The van der Waals surface area contributed by atoms with Gasteiger partial charge in [-0.2, -0.15) is 5.10 Å². The molecule has 0 aliphatic heterocycles. The summed E-state index contributed by atoms with van der Waals surface area (Å²) >= 11 is 0. The van der Waals surface area contributed by atoms with Gasteiger partial charge < -0.3 is 19.5 Å². The fraction of sp³-hybridized carbons (Fsp3) is 0.304. The lowest BCUT2D eigenvalue weighted by molar-refractivity contribution is -0.142. The number of halogens is 1. The zero-order chi connectivity index (χ0) is 24.4. The zero-order valence-electron chi connectivity index (χ0n) is 18.8. The van der Waals surface area contributed by atoms with Gasteiger partial charge in [-0.05, 0) is 53.9 Å². The second kappa shape index (κ2) is 12.2. The lowest BCUT2D eigenvalue weighted by Gasteiger charge is -2.20. The first kappa shape index (κ1) is 25.3. The smallest absolute Gasteiger partial charge is 0.343 e. The van der Waals surface area contributed by atoms with Gasteiger partial charge in [0, 0.05) is 5.56 Å². The normalized spacial score (nSPS) is 11.7. The Hall–Kier alpha value is -3.95. The van der Waals surface area contributed by atoms with Crippen molar-refractivity contribution in [3.8, 4) is 11.5 Å². The molecule has 2 aromatic rings. The number of carbonyl (C=O) groups is 3. The number of nitrogens with zero attached hydrogens (tertiary/aromatic N) is 1. The molecule has 33 heavy (non-hydrogen) atoms. The second-order valence-corrected chi connectivity index (χ2v) is 7.21. The van der Waals surface area contributed by atoms with E-state index in [4.69, 9.17) is 9.47 Å². The van der Waals surface area contributed by atoms with Crippen molar-refractivity contribution in [1.82, 2.24) is 10.7 Å². The predicted molar refractivity (Wildman–Crippen MR) is 119 cm³/mol. The molecule has 2 N–H and O–H groups in total. The van der Waals surface area contributed by atoms with Crippen LogP contribution in [-0.2, 0) is 14.3 Å². The number of amides is 2. The predicted octanol–water partition coefficient (Wildman–Crippen LogP) is 2.29. The number of methoxy groups -OCH3 is 2. The van der Waals surface area contributed by atoms with Crippen LogP contribution in [-0.4, -0.2) is 50.9 Å². The van der Waals surface area contributed by atoms with E-state index in [9.17, 15) is 18.8 Å². The van der Waals surface area contributed by atoms with Crippen LogP contribution in [0.25, 0.3) is 0 Å². The van der Waals surface area contributed by atoms with Crippen molar-refractivity contribution in [2.75, 3.05) is 20.8 Å². The highest BCUT2D eigenvalue weighted by Gasteiger charge is 2.24. The van der Waals surface area contributed by atoms with Crippen molar-refractivity contribution in [3.63, 3.8) is 0 Å². The monoisotopic (exact) mass is 459 g/mol. The third-order valence-electron chi connectivity index (χ3n) is 4.49. The lowest BCUT2D eigenvalue weighted by Crippen LogP contribution is -2.48. The van der Waals surface area contributed by atoms with Crippen LogP contribution in [0.2, 0.25) is 0 Å². The molecule has 2 rings (SSSR count). The van der Waals surface area contributed by atoms with E-state index in [1.807, 2.05) is 0 Å². The molecule has 1 atom stereocenters. The molecule has 0 aliphatic carbocycles. The van der Waals surface area contributed by atoms with Gasteiger partial charge in [0.05, 0.1) is 20.4 Å². The van der Waals surface area contributed by atoms with Gasteiger partial charge >= 0.3 is 5.97 Å². The van der Waals surface area contributed by atoms with Crippen molar-refractivity contribution in [2.24, 2.45) is 11.0 Å². The van der Waals surface area contributed by atoms with Gasteiger partial charge in [-0.25, -0.2) is 14.6 Å². The highest BCUT2D eigenvalue weighted by atomic mass is 19.1. The fourth-order valence-electron chi connectivity index (χ4n) is 2.68. The number of carbonyl (C=O) groups excluding carboxylic acids is 3. The minimum atomic E-state index is -0.858. The molecule has 0 bridgehead atoms. The Morgan fingerprint density at radius 2 is 1.76 bits per heavy atom. The summed E-state index contributed by atoms with van der Waals surface area (Å²) in [5.41, 5.74) is 3.23. The minimum absolute atomic E-state index is 0.226. The van der Waals surface area contributed by atoms with E-state index in [0.717, 1.165) is 0 Å². The number of hydrogen-bond donors (Lipinski definition) is 2. The molecule has 0 radical (unpaired) electrons. The number of benzene rings is 2. The van der Waals surface area contributed by atoms with Crippen molar-refractivity contribution >= 4 is 24.0 Å². The molecule has 0 spiro atoms. The van der Waals surface area contributed by atoms with Crippen LogP contribution in [0.5, 0.6) is 11.5 Å². The van der Waals surface area contributed by atoms with Crippen molar-refractivity contribution < 1.29 is 33.0 Å². The number of hydrogen-bond acceptors (Lipinski definition) is 7. The third kappa shape index (κ3) is 7.60. The highest BCUT2D eigenvalue weighted by Crippen LogP contribution is 2.27. The summed E-state index contributed by atoms with van der Waals surface area (Å²) in [5.74, 6) is -1.53. The Morgan fingerprint density at radius 1 is 1.06 bits per heavy atom. The second-order valence-electron chi connectivity index (χ2n) is 7.21. The van der Waals surface area contributed by atoms with Gasteiger partial charge in [0.25, 0.3) is 11.8 Å². The molecule has 2 amide bonds. The number of esters is 1. The Bertz CT molecular complexity index is 1010. The Morgan fingerprint density at radius 3 is 2.36 bits per heavy atom. The summed E-state index contributed by atoms with van der Waals surface area (Å²) < 4.78 is 28.2. The maximum atomic E-state index is 13.1. The topological polar surface area (TPSA) is 115 Å². The van der Waals surface area contributed by atoms with Gasteiger partial charge in [0.15, 0.2) is 18.1 Å². The summed E-state index contributed by atoms with van der Waals surface area (Å²) in [4.78, 5) is 36.2. The van der Waals surface area contributed by atoms with Crippen LogP contribution in [0.15, 0.2) is 47.6 Å². The first-order chi connectivity index (χ1) is 15.7. The summed E-state index contributed by atoms with van der Waals surface area (Å²) in [6.07, 6.45) is 1.39. The van der Waals surface area contributed by atoms with Crippen LogP contribution in [0.4, 0.5) is 4.39 Å². The number of hydrazone groups is 1. The van der Waals surface area contributed by atoms with E-state index in [0.29, 0.717) is 17.1 Å². The Labute approximate surface area is 190 Å². The molecule has 0 aliphatic rings. The van der Waals surface area contributed by atoms with E-state index in [2.05, 4.69) is 20.6 Å². The fourth-order valence-corrected chi connectivity index (χ4v) is 2.68. The molecule has 0 fully saturated rings. The van der Waals surface area contributed by atoms with Crippen LogP contribution in [0.3, 0.4) is 0 Å². The summed E-state index contributed by atoms with van der Waals surface area (Å²) in [6, 6.07) is 9.01. The molecular formula is C23H26FN3O6. The first-order valence-corrected chi connectivity index (χ1v) is 10.0. The summed E-state index contributed by atoms with van der Waals surface area (Å²) in [5, 5.41) is 6.57. The molecule has 0 heterocycles. The summed E-state index contributed by atoms with van der Waals surface area (Å²) in [6.45, 7) is 3.28. The molecule has 0 aromatic heterocycles. The molecule has 2 aromatic carbocycles. The van der Waals surface area contributed by atoms with E-state index < -0.39 is 29.6 Å². The molecule has 1 unspecified atom stereocenters. The van der Waals surface area contributed by atoms with Gasteiger partial charge in [0.1, 0.15) is 11.9 Å². The number of nitrogens with one attached hydrogen (secondary N) is 2. The molecule has 0 saturated carbocycles. The first-order valence-electron chi connectivity index (χ1n) is 10.0. The standard InChI is InChI=1S/C23H26FN3O6/c1-14(2)21(26-22(29)16-6-8-17(24)9-7-16)23(30)27-25-12-15-5-10-18(19(11-15)31-3)33-13-20(28)32-4/h5-12,14,21H,13H2,1-4H3,(H,26,29)(H,27,30)/b25-12+. The minimum Gasteiger partial charge on any atom is -0.493 e. The van der Waals surface area contributed by atoms with Crippen molar-refractivity contribution in [3.05, 3.63) is 59.4 Å². The van der Waals surface area contributed by atoms with Gasteiger partial charge in [0.2, 0.25) is 0 Å². The van der Waals surface area contributed by atoms with Crippen LogP contribution < -0.4 is 20.2 Å². The highest BCUT2D eigenvalue weighted by molar-refractivity contribution is 5.97. The van der Waals surface area contributed by atoms with Crippen molar-refractivity contribution in [2.45, 2.75) is 19.9 Å². The largest absolute Gasteiger partial charge is 0.493 e. The van der Waals surface area contributed by atoms with E-state index in [-0.39, 0.29) is 18.1 Å². The SMILES string of the molecule is COC(=O)COc1ccc(/C=N/NC(=O)C(NC(=O)c2ccc(F)cc2)C(C)C)cc1OC. The van der Waals surface area contributed by atoms with Gasteiger partial charge in [-0.3, -0.25) is 9.59 Å². The molecule has 176 valence electrons. The van der Waals surface area contributed by atoms with Crippen LogP contribution in [0, 0.1) is 11.7 Å². The van der Waals surface area contributed by atoms with Crippen LogP contribution >= 0.6 is 0 Å². The average Bonchev–Trinajstić information content (AvgIpc) is 2.81. The molecular weight excluding hydrogens is 433 g/mol.